The number of ether oxygens (including phenoxy) is 3. The first kappa shape index (κ1) is 12.4. The number of hydrogen-bond donors (Lipinski definition) is 0. The molecule has 1 aliphatic heterocycles. The van der Waals surface area contributed by atoms with Crippen LogP contribution in [0.1, 0.15) is 22.8 Å². The van der Waals surface area contributed by atoms with Gasteiger partial charge in [-0.25, -0.2) is 4.79 Å². The Kier molecular flexibility index (Phi) is 3.50. The first-order chi connectivity index (χ1) is 8.65. The number of rotatable bonds is 3. The third-order valence-electron chi connectivity index (χ3n) is 2.61. The minimum atomic E-state index is -0.872. The Bertz CT molecular complexity index is 492. The summed E-state index contributed by atoms with van der Waals surface area (Å²) in [6.45, 7) is 4.35. The third kappa shape index (κ3) is 2.16. The van der Waals surface area contributed by atoms with Crippen molar-refractivity contribution in [2.24, 2.45) is 0 Å². The molecule has 5 heteroatoms. The molecule has 96 valence electrons. The normalized spacial score (nSPS) is 13.0. The van der Waals surface area contributed by atoms with E-state index in [1.54, 1.807) is 26.0 Å². The van der Waals surface area contributed by atoms with Crippen LogP contribution in [0.15, 0.2) is 12.1 Å². The molecule has 0 atom stereocenters. The number of Topliss-reactive ketones (excluding diaryl/α,β-unsaturated/α-hetero) is 1. The van der Waals surface area contributed by atoms with E-state index >= 15 is 0 Å². The van der Waals surface area contributed by atoms with Crippen molar-refractivity contribution in [3.63, 3.8) is 0 Å². The topological polar surface area (TPSA) is 61.8 Å². The highest BCUT2D eigenvalue weighted by Crippen LogP contribution is 2.36. The number of aryl methyl sites for hydroxylation is 1. The quantitative estimate of drug-likeness (QED) is 0.462. The summed E-state index contributed by atoms with van der Waals surface area (Å²) in [4.78, 5) is 23.5. The molecule has 0 saturated carbocycles. The van der Waals surface area contributed by atoms with Crippen molar-refractivity contribution in [3.8, 4) is 11.5 Å². The number of carbonyl (C=O) groups excluding carboxylic acids is 2. The van der Waals surface area contributed by atoms with Gasteiger partial charge in [-0.05, 0) is 25.5 Å². The minimum Gasteiger partial charge on any atom is -0.486 e. The zero-order valence-electron chi connectivity index (χ0n) is 10.3. The van der Waals surface area contributed by atoms with E-state index in [2.05, 4.69) is 0 Å². The summed E-state index contributed by atoms with van der Waals surface area (Å²) in [6, 6.07) is 3.45. The molecular formula is C13H14O5. The van der Waals surface area contributed by atoms with Gasteiger partial charge in [0.05, 0.1) is 12.2 Å². The molecule has 2 rings (SSSR count). The van der Waals surface area contributed by atoms with Crippen LogP contribution in [0, 0.1) is 6.92 Å². The van der Waals surface area contributed by atoms with E-state index in [4.69, 9.17) is 14.2 Å². The van der Waals surface area contributed by atoms with Gasteiger partial charge >= 0.3 is 5.97 Å². The van der Waals surface area contributed by atoms with E-state index in [1.807, 2.05) is 0 Å². The van der Waals surface area contributed by atoms with Crippen LogP contribution < -0.4 is 9.47 Å². The van der Waals surface area contributed by atoms with E-state index in [9.17, 15) is 9.59 Å². The summed E-state index contributed by atoms with van der Waals surface area (Å²) in [7, 11) is 0. The molecule has 1 aromatic carbocycles. The molecule has 0 radical (unpaired) electrons. The Labute approximate surface area is 105 Å². The number of carbonyl (C=O) groups is 2. The summed E-state index contributed by atoms with van der Waals surface area (Å²) < 4.78 is 15.5. The van der Waals surface area contributed by atoms with Crippen LogP contribution in [0.4, 0.5) is 0 Å². The highest BCUT2D eigenvalue weighted by molar-refractivity contribution is 6.41. The van der Waals surface area contributed by atoms with Crippen LogP contribution in [-0.2, 0) is 9.53 Å². The van der Waals surface area contributed by atoms with Gasteiger partial charge in [0, 0.05) is 0 Å². The largest absolute Gasteiger partial charge is 0.486 e. The number of esters is 1. The third-order valence-corrected chi connectivity index (χ3v) is 2.61. The van der Waals surface area contributed by atoms with Gasteiger partial charge < -0.3 is 14.2 Å². The van der Waals surface area contributed by atoms with Gasteiger partial charge in [-0.15, -0.1) is 0 Å². The molecule has 5 nitrogen and oxygen atoms in total. The number of fused-ring (bicyclic) bond motifs is 1. The average molecular weight is 250 g/mol. The summed E-state index contributed by atoms with van der Waals surface area (Å²) in [6.07, 6.45) is 0. The van der Waals surface area contributed by atoms with Gasteiger partial charge in [-0.2, -0.15) is 0 Å². The molecule has 0 fully saturated rings. The predicted molar refractivity (Wildman–Crippen MR) is 63.1 cm³/mol. The summed E-state index contributed by atoms with van der Waals surface area (Å²) >= 11 is 0. The average Bonchev–Trinajstić information content (AvgIpc) is 2.38. The van der Waals surface area contributed by atoms with E-state index < -0.39 is 11.8 Å². The lowest BCUT2D eigenvalue weighted by atomic mass is 10.0. The second-order valence-corrected chi connectivity index (χ2v) is 3.83. The van der Waals surface area contributed by atoms with Crippen molar-refractivity contribution in [1.82, 2.24) is 0 Å². The number of ketones is 1. The molecule has 0 aliphatic carbocycles. The number of benzene rings is 1. The SMILES string of the molecule is CCOC(=O)C(=O)c1c(C)ccc2c1OCCO2. The van der Waals surface area contributed by atoms with Crippen molar-refractivity contribution >= 4 is 11.8 Å². The number of hydrogen-bond acceptors (Lipinski definition) is 5. The lowest BCUT2D eigenvalue weighted by molar-refractivity contribution is -0.137. The van der Waals surface area contributed by atoms with Crippen LogP contribution in [0.3, 0.4) is 0 Å². The molecule has 1 aromatic rings. The molecule has 0 amide bonds. The Morgan fingerprint density at radius 2 is 2.00 bits per heavy atom. The van der Waals surface area contributed by atoms with Crippen LogP contribution in [0.2, 0.25) is 0 Å². The van der Waals surface area contributed by atoms with Crippen LogP contribution >= 0.6 is 0 Å². The molecule has 18 heavy (non-hydrogen) atoms. The molecule has 1 heterocycles. The fourth-order valence-electron chi connectivity index (χ4n) is 1.80. The second-order valence-electron chi connectivity index (χ2n) is 3.83. The molecule has 0 saturated heterocycles. The first-order valence-electron chi connectivity index (χ1n) is 5.75. The van der Waals surface area contributed by atoms with Crippen molar-refractivity contribution in [2.45, 2.75) is 13.8 Å². The Balaban J connectivity index is 2.43. The fraction of sp³-hybridized carbons (Fsp3) is 0.385. The maximum Gasteiger partial charge on any atom is 0.379 e. The maximum atomic E-state index is 12.0. The van der Waals surface area contributed by atoms with Crippen molar-refractivity contribution in [3.05, 3.63) is 23.3 Å². The highest BCUT2D eigenvalue weighted by atomic mass is 16.6. The van der Waals surface area contributed by atoms with Gasteiger partial charge in [-0.3, -0.25) is 4.79 Å². The molecule has 0 N–H and O–H groups in total. The lowest BCUT2D eigenvalue weighted by Crippen LogP contribution is -2.23. The van der Waals surface area contributed by atoms with Crippen molar-refractivity contribution < 1.29 is 23.8 Å². The standard InChI is InChI=1S/C13H14O5/c1-3-16-13(15)11(14)10-8(2)4-5-9-12(10)18-7-6-17-9/h4-5H,3,6-7H2,1-2H3. The fourth-order valence-corrected chi connectivity index (χ4v) is 1.80. The van der Waals surface area contributed by atoms with Crippen LogP contribution in [-0.4, -0.2) is 31.6 Å². The van der Waals surface area contributed by atoms with Crippen molar-refractivity contribution in [1.29, 1.82) is 0 Å². The van der Waals surface area contributed by atoms with E-state index in [0.717, 1.165) is 0 Å². The zero-order chi connectivity index (χ0) is 13.1. The molecule has 0 spiro atoms. The predicted octanol–water partition coefficient (Wildman–Crippen LogP) is 1.51. The molecule has 0 aromatic heterocycles. The Morgan fingerprint density at radius 1 is 1.28 bits per heavy atom. The molecular weight excluding hydrogens is 236 g/mol. The van der Waals surface area contributed by atoms with Gasteiger partial charge in [-0.1, -0.05) is 6.07 Å². The van der Waals surface area contributed by atoms with Gasteiger partial charge in [0.25, 0.3) is 5.78 Å². The van der Waals surface area contributed by atoms with Gasteiger partial charge in [0.1, 0.15) is 13.2 Å². The van der Waals surface area contributed by atoms with Crippen LogP contribution in [0.5, 0.6) is 11.5 Å². The maximum absolute atomic E-state index is 12.0. The van der Waals surface area contributed by atoms with Crippen LogP contribution in [0.25, 0.3) is 0 Å². The second kappa shape index (κ2) is 5.08. The van der Waals surface area contributed by atoms with E-state index in [-0.39, 0.29) is 12.2 Å². The smallest absolute Gasteiger partial charge is 0.379 e. The molecule has 1 aliphatic rings. The highest BCUT2D eigenvalue weighted by Gasteiger charge is 2.27. The van der Waals surface area contributed by atoms with E-state index in [1.165, 1.54) is 0 Å². The summed E-state index contributed by atoms with van der Waals surface area (Å²) in [5.41, 5.74) is 0.892. The summed E-state index contributed by atoms with van der Waals surface area (Å²) in [5.74, 6) is -0.751. The summed E-state index contributed by atoms with van der Waals surface area (Å²) in [5, 5.41) is 0. The van der Waals surface area contributed by atoms with E-state index in [0.29, 0.717) is 30.3 Å². The Morgan fingerprint density at radius 3 is 2.72 bits per heavy atom. The first-order valence-corrected chi connectivity index (χ1v) is 5.75. The minimum absolute atomic E-state index is 0.163. The van der Waals surface area contributed by atoms with Gasteiger partial charge in [0.2, 0.25) is 0 Å². The lowest BCUT2D eigenvalue weighted by Gasteiger charge is -2.21. The molecule has 0 bridgehead atoms. The zero-order valence-corrected chi connectivity index (χ0v) is 10.3. The monoisotopic (exact) mass is 250 g/mol. The van der Waals surface area contributed by atoms with Gasteiger partial charge in [0.15, 0.2) is 11.5 Å². The Hall–Kier alpha value is -2.04. The van der Waals surface area contributed by atoms with Crippen molar-refractivity contribution in [2.75, 3.05) is 19.8 Å². The molecule has 0 unspecified atom stereocenters.